The van der Waals surface area contributed by atoms with E-state index >= 15 is 0 Å². The van der Waals surface area contributed by atoms with Gasteiger partial charge in [-0.25, -0.2) is 4.79 Å². The van der Waals surface area contributed by atoms with E-state index in [9.17, 15) is 4.79 Å². The highest BCUT2D eigenvalue weighted by molar-refractivity contribution is 5.90. The number of methoxy groups -OCH3 is 1. The predicted molar refractivity (Wildman–Crippen MR) is 103 cm³/mol. The third kappa shape index (κ3) is 4.36. The van der Waals surface area contributed by atoms with Crippen molar-refractivity contribution in [1.82, 2.24) is 15.1 Å². The molecule has 0 aliphatic heterocycles. The molecule has 0 atom stereocenters. The van der Waals surface area contributed by atoms with E-state index in [4.69, 9.17) is 4.74 Å². The summed E-state index contributed by atoms with van der Waals surface area (Å²) in [6, 6.07) is 8.09. The van der Waals surface area contributed by atoms with Gasteiger partial charge < -0.3 is 15.4 Å². The topological polar surface area (TPSA) is 68.2 Å². The quantitative estimate of drug-likeness (QED) is 0.850. The highest BCUT2D eigenvalue weighted by atomic mass is 16.5. The fourth-order valence-corrected chi connectivity index (χ4v) is 3.56. The van der Waals surface area contributed by atoms with Crippen molar-refractivity contribution >= 4 is 11.7 Å². The summed E-state index contributed by atoms with van der Waals surface area (Å²) in [5.41, 5.74) is 3.67. The first-order chi connectivity index (χ1) is 12.6. The zero-order valence-electron chi connectivity index (χ0n) is 15.8. The van der Waals surface area contributed by atoms with Crippen LogP contribution in [-0.4, -0.2) is 29.0 Å². The number of nitrogens with zero attached hydrogens (tertiary/aromatic N) is 2. The smallest absolute Gasteiger partial charge is 0.319 e. The van der Waals surface area contributed by atoms with Gasteiger partial charge in [0.15, 0.2) is 0 Å². The van der Waals surface area contributed by atoms with Crippen LogP contribution in [0, 0.1) is 13.8 Å². The monoisotopic (exact) mass is 356 g/mol. The lowest BCUT2D eigenvalue weighted by molar-refractivity contribution is 0.244. The Morgan fingerprint density at radius 3 is 2.77 bits per heavy atom. The average Bonchev–Trinajstić information content (AvgIpc) is 2.90. The van der Waals surface area contributed by atoms with E-state index in [2.05, 4.69) is 15.7 Å². The van der Waals surface area contributed by atoms with Crippen molar-refractivity contribution < 1.29 is 9.53 Å². The second-order valence-electron chi connectivity index (χ2n) is 6.99. The van der Waals surface area contributed by atoms with Crippen molar-refractivity contribution in [3.05, 3.63) is 41.2 Å². The van der Waals surface area contributed by atoms with E-state index in [-0.39, 0.29) is 12.1 Å². The van der Waals surface area contributed by atoms with Crippen LogP contribution in [0.4, 0.5) is 10.5 Å². The lowest BCUT2D eigenvalue weighted by atomic mass is 9.96. The third-order valence-corrected chi connectivity index (χ3v) is 5.03. The molecule has 140 valence electrons. The van der Waals surface area contributed by atoms with Crippen molar-refractivity contribution in [2.75, 3.05) is 12.4 Å². The Morgan fingerprint density at radius 1 is 1.27 bits per heavy atom. The first-order valence-electron chi connectivity index (χ1n) is 9.31. The number of carbonyl (C=O) groups is 1. The summed E-state index contributed by atoms with van der Waals surface area (Å²) in [6.45, 7) is 4.54. The summed E-state index contributed by atoms with van der Waals surface area (Å²) < 4.78 is 7.20. The van der Waals surface area contributed by atoms with E-state index in [1.165, 1.54) is 19.3 Å². The maximum Gasteiger partial charge on any atom is 0.319 e. The van der Waals surface area contributed by atoms with Gasteiger partial charge in [-0.05, 0) is 44.4 Å². The van der Waals surface area contributed by atoms with Crippen LogP contribution in [0.15, 0.2) is 24.3 Å². The Kier molecular flexibility index (Phi) is 5.81. The van der Waals surface area contributed by atoms with Crippen molar-refractivity contribution in [3.63, 3.8) is 0 Å². The van der Waals surface area contributed by atoms with Crippen LogP contribution in [0.3, 0.4) is 0 Å². The molecule has 1 aromatic heterocycles. The SMILES string of the molecule is COc1cccc(Cn2nc(C)c(NC(=O)NC3CCCCC3)c2C)c1. The Hall–Kier alpha value is -2.50. The van der Waals surface area contributed by atoms with Gasteiger partial charge in [-0.3, -0.25) is 4.68 Å². The zero-order chi connectivity index (χ0) is 18.5. The number of carbonyl (C=O) groups excluding carboxylic acids is 1. The minimum absolute atomic E-state index is 0.135. The summed E-state index contributed by atoms with van der Waals surface area (Å²) in [4.78, 5) is 12.4. The normalized spacial score (nSPS) is 14.9. The van der Waals surface area contributed by atoms with Crippen LogP contribution in [0.25, 0.3) is 0 Å². The first-order valence-corrected chi connectivity index (χ1v) is 9.31. The largest absolute Gasteiger partial charge is 0.497 e. The second kappa shape index (κ2) is 8.25. The van der Waals surface area contributed by atoms with Gasteiger partial charge in [0.1, 0.15) is 5.75 Å². The fourth-order valence-electron chi connectivity index (χ4n) is 3.56. The van der Waals surface area contributed by atoms with E-state index in [1.54, 1.807) is 7.11 Å². The second-order valence-corrected chi connectivity index (χ2v) is 6.99. The highest BCUT2D eigenvalue weighted by Gasteiger charge is 2.18. The fraction of sp³-hybridized carbons (Fsp3) is 0.500. The molecule has 0 unspecified atom stereocenters. The van der Waals surface area contributed by atoms with E-state index < -0.39 is 0 Å². The number of benzene rings is 1. The van der Waals surface area contributed by atoms with Gasteiger partial charge in [0.2, 0.25) is 0 Å². The molecule has 1 fully saturated rings. The zero-order valence-corrected chi connectivity index (χ0v) is 15.8. The molecule has 3 rings (SSSR count). The number of amides is 2. The number of anilines is 1. The highest BCUT2D eigenvalue weighted by Crippen LogP contribution is 2.22. The summed E-state index contributed by atoms with van der Waals surface area (Å²) in [6.07, 6.45) is 5.80. The Morgan fingerprint density at radius 2 is 2.04 bits per heavy atom. The molecule has 2 amide bonds. The minimum atomic E-state index is -0.135. The molecule has 1 aliphatic rings. The van der Waals surface area contributed by atoms with Gasteiger partial charge in [-0.1, -0.05) is 31.4 Å². The Balaban J connectivity index is 1.67. The van der Waals surface area contributed by atoms with Gasteiger partial charge in [0.05, 0.1) is 30.7 Å². The third-order valence-electron chi connectivity index (χ3n) is 5.03. The predicted octanol–water partition coefficient (Wildman–Crippen LogP) is 4.01. The number of ether oxygens (including phenoxy) is 1. The van der Waals surface area contributed by atoms with Crippen LogP contribution in [0.5, 0.6) is 5.75 Å². The lowest BCUT2D eigenvalue weighted by Gasteiger charge is -2.22. The van der Waals surface area contributed by atoms with Gasteiger partial charge in [0, 0.05) is 6.04 Å². The molecule has 0 radical (unpaired) electrons. The molecule has 1 saturated carbocycles. The van der Waals surface area contributed by atoms with Crippen molar-refractivity contribution in [1.29, 1.82) is 0 Å². The molecule has 6 nitrogen and oxygen atoms in total. The lowest BCUT2D eigenvalue weighted by Crippen LogP contribution is -2.39. The van der Waals surface area contributed by atoms with Crippen LogP contribution in [0.1, 0.15) is 49.1 Å². The van der Waals surface area contributed by atoms with Gasteiger partial charge in [-0.15, -0.1) is 0 Å². The number of rotatable bonds is 5. The summed E-state index contributed by atoms with van der Waals surface area (Å²) >= 11 is 0. The van der Waals surface area contributed by atoms with Crippen molar-refractivity contribution in [3.8, 4) is 5.75 Å². The van der Waals surface area contributed by atoms with E-state index in [0.29, 0.717) is 6.54 Å². The van der Waals surface area contributed by atoms with Gasteiger partial charge in [-0.2, -0.15) is 5.10 Å². The summed E-state index contributed by atoms with van der Waals surface area (Å²) in [7, 11) is 1.66. The molecule has 1 aromatic carbocycles. The molecule has 0 spiro atoms. The number of nitrogens with one attached hydrogen (secondary N) is 2. The molecule has 1 aliphatic carbocycles. The molecule has 2 N–H and O–H groups in total. The first kappa shape index (κ1) is 18.3. The molecule has 1 heterocycles. The molecule has 2 aromatic rings. The standard InChI is InChI=1S/C20H28N4O2/c1-14-19(22-20(25)21-17-9-5-4-6-10-17)15(2)24(23-14)13-16-8-7-11-18(12-16)26-3/h7-8,11-12,17H,4-6,9-10,13H2,1-3H3,(H2,21,22,25). The van der Waals surface area contributed by atoms with Crippen LogP contribution >= 0.6 is 0 Å². The minimum Gasteiger partial charge on any atom is -0.497 e. The molecular weight excluding hydrogens is 328 g/mol. The van der Waals surface area contributed by atoms with E-state index in [1.807, 2.05) is 42.8 Å². The van der Waals surface area contributed by atoms with Gasteiger partial charge >= 0.3 is 6.03 Å². The van der Waals surface area contributed by atoms with Crippen LogP contribution < -0.4 is 15.4 Å². The Labute approximate surface area is 154 Å². The van der Waals surface area contributed by atoms with Crippen LogP contribution in [0.2, 0.25) is 0 Å². The summed E-state index contributed by atoms with van der Waals surface area (Å²) in [5, 5.41) is 10.7. The van der Waals surface area contributed by atoms with Gasteiger partial charge in [0.25, 0.3) is 0 Å². The number of hydrogen-bond acceptors (Lipinski definition) is 3. The molecule has 0 saturated heterocycles. The van der Waals surface area contributed by atoms with E-state index in [0.717, 1.165) is 41.2 Å². The van der Waals surface area contributed by atoms with Crippen LogP contribution in [-0.2, 0) is 6.54 Å². The number of urea groups is 1. The number of aryl methyl sites for hydroxylation is 1. The summed E-state index contributed by atoms with van der Waals surface area (Å²) in [5.74, 6) is 0.828. The number of aromatic nitrogens is 2. The maximum absolute atomic E-state index is 12.4. The molecular formula is C20H28N4O2. The average molecular weight is 356 g/mol. The molecule has 0 bridgehead atoms. The van der Waals surface area contributed by atoms with Crippen molar-refractivity contribution in [2.45, 2.75) is 58.5 Å². The number of hydrogen-bond donors (Lipinski definition) is 2. The Bertz CT molecular complexity index is 763. The molecule has 6 heteroatoms. The maximum atomic E-state index is 12.4. The molecule has 26 heavy (non-hydrogen) atoms. The van der Waals surface area contributed by atoms with Crippen molar-refractivity contribution in [2.24, 2.45) is 0 Å².